The van der Waals surface area contributed by atoms with Crippen LogP contribution in [0.1, 0.15) is 48.6 Å². The molecule has 0 bridgehead atoms. The van der Waals surface area contributed by atoms with Crippen LogP contribution in [-0.4, -0.2) is 0 Å². The van der Waals surface area contributed by atoms with Crippen molar-refractivity contribution in [2.45, 2.75) is 31.6 Å². The highest BCUT2D eigenvalue weighted by Gasteiger charge is 2.42. The molecule has 2 aliphatic carbocycles. The summed E-state index contributed by atoms with van der Waals surface area (Å²) in [6.45, 7) is 7.06. The van der Waals surface area contributed by atoms with Crippen molar-refractivity contribution in [3.8, 4) is 33.4 Å². The summed E-state index contributed by atoms with van der Waals surface area (Å²) in [6.07, 6.45) is 0. The number of hydrogen-bond donors (Lipinski definition) is 0. The van der Waals surface area contributed by atoms with E-state index in [0.717, 1.165) is 39.0 Å². The lowest BCUT2D eigenvalue weighted by Crippen LogP contribution is -2.22. The van der Waals surface area contributed by atoms with Crippen molar-refractivity contribution in [2.24, 2.45) is 0 Å². The van der Waals surface area contributed by atoms with Gasteiger partial charge in [0, 0.05) is 44.2 Å². The van der Waals surface area contributed by atoms with E-state index >= 15 is 0 Å². The van der Waals surface area contributed by atoms with E-state index in [1.165, 1.54) is 61.2 Å². The van der Waals surface area contributed by atoms with Crippen LogP contribution < -0.4 is 4.90 Å². The molecule has 0 saturated heterocycles. The maximum atomic E-state index is 6.91. The smallest absolute Gasteiger partial charge is 0.139 e. The molecule has 0 fully saturated rings. The van der Waals surface area contributed by atoms with Crippen molar-refractivity contribution in [1.82, 2.24) is 0 Å². The van der Waals surface area contributed by atoms with Gasteiger partial charge in [0.25, 0.3) is 0 Å². The molecule has 262 valence electrons. The van der Waals surface area contributed by atoms with E-state index in [0.29, 0.717) is 0 Å². The molecule has 2 heteroatoms. The van der Waals surface area contributed by atoms with Crippen molar-refractivity contribution in [2.75, 3.05) is 4.90 Å². The third-order valence-electron chi connectivity index (χ3n) is 12.6. The zero-order chi connectivity index (χ0) is 36.9. The summed E-state index contributed by atoms with van der Waals surface area (Å²) in [5.41, 5.74) is 18.9. The number of hydrogen-bond acceptors (Lipinski definition) is 2. The molecule has 0 N–H and O–H groups in total. The van der Waals surface area contributed by atoms with Gasteiger partial charge in [-0.25, -0.2) is 0 Å². The SMILES string of the molecule is CC1(C)c2ccccc2-c2ccc(N(c3ccc(-c4ccccc4)cc3)c3ccc4oc5c(C6(C)c7ccccc7-c7ccccc76)cccc5c4c3)cc21. The summed E-state index contributed by atoms with van der Waals surface area (Å²) >= 11 is 0. The monoisotopic (exact) mass is 705 g/mol. The standard InChI is InChI=1S/C53H39NO/c1-52(2)45-20-10-7-16-39(45)42-30-28-38(33-49(42)52)54(36-26-24-35(25-27-36)34-14-5-4-6-15-34)37-29-31-50-44(32-37)43-19-13-23-48(51(43)55-50)53(3)46-21-11-8-17-40(46)41-18-9-12-22-47(41)53/h4-33H,1-3H3. The van der Waals surface area contributed by atoms with Crippen molar-refractivity contribution >= 4 is 39.0 Å². The maximum absolute atomic E-state index is 6.91. The molecule has 55 heavy (non-hydrogen) atoms. The Kier molecular flexibility index (Phi) is 6.76. The van der Waals surface area contributed by atoms with Gasteiger partial charge in [0.2, 0.25) is 0 Å². The summed E-state index contributed by atoms with van der Waals surface area (Å²) in [5.74, 6) is 0. The molecule has 1 aromatic heterocycles. The second-order valence-electron chi connectivity index (χ2n) is 15.8. The molecular weight excluding hydrogens is 667 g/mol. The van der Waals surface area contributed by atoms with Crippen LogP contribution in [0.25, 0.3) is 55.3 Å². The molecule has 11 rings (SSSR count). The lowest BCUT2D eigenvalue weighted by molar-refractivity contribution is 0.638. The van der Waals surface area contributed by atoms with Gasteiger partial charge in [-0.05, 0) is 105 Å². The van der Waals surface area contributed by atoms with Crippen LogP contribution in [0.2, 0.25) is 0 Å². The van der Waals surface area contributed by atoms with Crippen LogP contribution in [0.5, 0.6) is 0 Å². The van der Waals surface area contributed by atoms with Crippen LogP contribution in [0.15, 0.2) is 186 Å². The largest absolute Gasteiger partial charge is 0.456 e. The summed E-state index contributed by atoms with van der Waals surface area (Å²) in [5, 5.41) is 2.24. The number of fused-ring (bicyclic) bond motifs is 9. The molecule has 9 aromatic rings. The minimum Gasteiger partial charge on any atom is -0.456 e. The Hall–Kier alpha value is -6.64. The van der Waals surface area contributed by atoms with E-state index in [2.05, 4.69) is 208 Å². The molecule has 0 radical (unpaired) electrons. The van der Waals surface area contributed by atoms with Crippen LogP contribution in [-0.2, 0) is 10.8 Å². The Morgan fingerprint density at radius 3 is 1.62 bits per heavy atom. The highest BCUT2D eigenvalue weighted by molar-refractivity contribution is 6.08. The predicted molar refractivity (Wildman–Crippen MR) is 229 cm³/mol. The molecule has 0 atom stereocenters. The third kappa shape index (κ3) is 4.55. The van der Waals surface area contributed by atoms with E-state index in [9.17, 15) is 0 Å². The predicted octanol–water partition coefficient (Wildman–Crippen LogP) is 14.4. The number of furan rings is 1. The molecule has 2 nitrogen and oxygen atoms in total. The molecular formula is C53H39NO. The van der Waals surface area contributed by atoms with Gasteiger partial charge >= 0.3 is 0 Å². The van der Waals surface area contributed by atoms with Gasteiger partial charge in [0.05, 0.1) is 0 Å². The van der Waals surface area contributed by atoms with E-state index in [4.69, 9.17) is 4.42 Å². The second-order valence-corrected chi connectivity index (χ2v) is 15.8. The van der Waals surface area contributed by atoms with Gasteiger partial charge in [-0.1, -0.05) is 153 Å². The zero-order valence-electron chi connectivity index (χ0n) is 31.2. The molecule has 0 amide bonds. The van der Waals surface area contributed by atoms with E-state index in [1.54, 1.807) is 0 Å². The van der Waals surface area contributed by atoms with Crippen LogP contribution >= 0.6 is 0 Å². The van der Waals surface area contributed by atoms with E-state index in [1.807, 2.05) is 0 Å². The van der Waals surface area contributed by atoms with Crippen LogP contribution in [0.4, 0.5) is 17.1 Å². The van der Waals surface area contributed by atoms with Crippen LogP contribution in [0, 0.1) is 0 Å². The first-order chi connectivity index (χ1) is 26.9. The number of benzene rings is 8. The van der Waals surface area contributed by atoms with Gasteiger partial charge < -0.3 is 9.32 Å². The number of rotatable bonds is 5. The fraction of sp³-hybridized carbons (Fsp3) is 0.0943. The average molecular weight is 706 g/mol. The first-order valence-corrected chi connectivity index (χ1v) is 19.3. The minimum absolute atomic E-state index is 0.112. The Balaban J connectivity index is 1.09. The van der Waals surface area contributed by atoms with Gasteiger partial charge in [-0.2, -0.15) is 0 Å². The van der Waals surface area contributed by atoms with Crippen molar-refractivity contribution in [3.05, 3.63) is 210 Å². The molecule has 0 aliphatic heterocycles. The van der Waals surface area contributed by atoms with Gasteiger partial charge in [0.1, 0.15) is 11.2 Å². The lowest BCUT2D eigenvalue weighted by atomic mass is 9.74. The molecule has 0 spiro atoms. The van der Waals surface area contributed by atoms with Gasteiger partial charge in [0.15, 0.2) is 0 Å². The van der Waals surface area contributed by atoms with Crippen molar-refractivity contribution in [1.29, 1.82) is 0 Å². The number of para-hydroxylation sites is 1. The first kappa shape index (κ1) is 31.8. The number of nitrogens with zero attached hydrogens (tertiary/aromatic N) is 1. The van der Waals surface area contributed by atoms with E-state index in [-0.39, 0.29) is 10.8 Å². The molecule has 2 aliphatic rings. The third-order valence-corrected chi connectivity index (χ3v) is 12.6. The van der Waals surface area contributed by atoms with Crippen molar-refractivity contribution in [3.63, 3.8) is 0 Å². The highest BCUT2D eigenvalue weighted by Crippen LogP contribution is 2.55. The average Bonchev–Trinajstić information content (AvgIpc) is 3.82. The summed E-state index contributed by atoms with van der Waals surface area (Å²) in [6, 6.07) is 66.5. The summed E-state index contributed by atoms with van der Waals surface area (Å²) in [7, 11) is 0. The molecule has 0 saturated carbocycles. The fourth-order valence-electron chi connectivity index (χ4n) is 9.77. The summed E-state index contributed by atoms with van der Waals surface area (Å²) in [4.78, 5) is 2.40. The van der Waals surface area contributed by atoms with Crippen LogP contribution in [0.3, 0.4) is 0 Å². The molecule has 8 aromatic carbocycles. The Bertz CT molecular complexity index is 2920. The minimum atomic E-state index is -0.356. The number of anilines is 3. The Labute approximate surface area is 322 Å². The highest BCUT2D eigenvalue weighted by atomic mass is 16.3. The summed E-state index contributed by atoms with van der Waals surface area (Å²) < 4.78 is 6.91. The zero-order valence-corrected chi connectivity index (χ0v) is 31.2. The fourth-order valence-corrected chi connectivity index (χ4v) is 9.77. The first-order valence-electron chi connectivity index (χ1n) is 19.3. The van der Waals surface area contributed by atoms with Gasteiger partial charge in [-0.3, -0.25) is 0 Å². The molecule has 1 heterocycles. The normalized spacial score (nSPS) is 14.4. The quantitative estimate of drug-likeness (QED) is 0.177. The maximum Gasteiger partial charge on any atom is 0.139 e. The Morgan fingerprint density at radius 2 is 0.909 bits per heavy atom. The Morgan fingerprint density at radius 1 is 0.382 bits per heavy atom. The van der Waals surface area contributed by atoms with Gasteiger partial charge in [-0.15, -0.1) is 0 Å². The van der Waals surface area contributed by atoms with Crippen molar-refractivity contribution < 1.29 is 4.42 Å². The van der Waals surface area contributed by atoms with E-state index < -0.39 is 0 Å². The topological polar surface area (TPSA) is 16.4 Å². The second kappa shape index (κ2) is 11.7. The molecule has 0 unspecified atom stereocenters. The lowest BCUT2D eigenvalue weighted by Gasteiger charge is -2.28.